The molecule has 1 rings (SSSR count). The SMILES string of the molecule is CCC(C)NS(=O)(=O)c1ccc(CN)cn1. The minimum absolute atomic E-state index is 0.0324. The predicted octanol–water partition coefficient (Wildman–Crippen LogP) is 0.617. The summed E-state index contributed by atoms with van der Waals surface area (Å²) in [5.74, 6) is 0. The molecule has 0 aliphatic heterocycles. The Labute approximate surface area is 96.1 Å². The van der Waals surface area contributed by atoms with E-state index in [-0.39, 0.29) is 11.1 Å². The van der Waals surface area contributed by atoms with Crippen molar-refractivity contribution in [2.75, 3.05) is 0 Å². The number of sulfonamides is 1. The highest BCUT2D eigenvalue weighted by atomic mass is 32.2. The quantitative estimate of drug-likeness (QED) is 0.793. The average Bonchev–Trinajstić information content (AvgIpc) is 2.28. The van der Waals surface area contributed by atoms with Crippen LogP contribution in [0.4, 0.5) is 0 Å². The molecule has 90 valence electrons. The highest BCUT2D eigenvalue weighted by Crippen LogP contribution is 2.07. The van der Waals surface area contributed by atoms with Crippen molar-refractivity contribution < 1.29 is 8.42 Å². The second-order valence-electron chi connectivity index (χ2n) is 3.64. The topological polar surface area (TPSA) is 85.1 Å². The van der Waals surface area contributed by atoms with Gasteiger partial charge in [-0.15, -0.1) is 0 Å². The van der Waals surface area contributed by atoms with Crippen LogP contribution in [0.2, 0.25) is 0 Å². The van der Waals surface area contributed by atoms with Crippen LogP contribution >= 0.6 is 0 Å². The first-order valence-corrected chi connectivity index (χ1v) is 6.65. The third kappa shape index (κ3) is 3.26. The van der Waals surface area contributed by atoms with Crippen LogP contribution in [0.1, 0.15) is 25.8 Å². The van der Waals surface area contributed by atoms with Crippen LogP contribution in [-0.2, 0) is 16.6 Å². The molecule has 6 heteroatoms. The van der Waals surface area contributed by atoms with Gasteiger partial charge in [0.05, 0.1) is 0 Å². The minimum Gasteiger partial charge on any atom is -0.326 e. The summed E-state index contributed by atoms with van der Waals surface area (Å²) in [6.07, 6.45) is 2.21. The maximum Gasteiger partial charge on any atom is 0.258 e. The zero-order valence-corrected chi connectivity index (χ0v) is 10.3. The molecule has 1 heterocycles. The van der Waals surface area contributed by atoms with Gasteiger partial charge in [0.25, 0.3) is 10.0 Å². The van der Waals surface area contributed by atoms with Crippen LogP contribution in [0.5, 0.6) is 0 Å². The number of aromatic nitrogens is 1. The van der Waals surface area contributed by atoms with Crippen molar-refractivity contribution in [2.24, 2.45) is 5.73 Å². The summed E-state index contributed by atoms with van der Waals surface area (Å²) >= 11 is 0. The number of hydrogen-bond acceptors (Lipinski definition) is 4. The summed E-state index contributed by atoms with van der Waals surface area (Å²) in [5.41, 5.74) is 6.21. The Morgan fingerprint density at radius 1 is 1.50 bits per heavy atom. The Balaban J connectivity index is 2.90. The highest BCUT2D eigenvalue weighted by Gasteiger charge is 2.17. The number of hydrogen-bond donors (Lipinski definition) is 2. The van der Waals surface area contributed by atoms with Gasteiger partial charge >= 0.3 is 0 Å². The van der Waals surface area contributed by atoms with Crippen LogP contribution in [0.25, 0.3) is 0 Å². The number of nitrogens with one attached hydrogen (secondary N) is 1. The van der Waals surface area contributed by atoms with Gasteiger partial charge in [0.15, 0.2) is 5.03 Å². The molecular formula is C10H17N3O2S. The van der Waals surface area contributed by atoms with E-state index in [9.17, 15) is 8.42 Å². The molecule has 0 saturated heterocycles. The molecule has 0 saturated carbocycles. The van der Waals surface area contributed by atoms with Crippen molar-refractivity contribution >= 4 is 10.0 Å². The highest BCUT2D eigenvalue weighted by molar-refractivity contribution is 7.89. The molecule has 0 aliphatic rings. The monoisotopic (exact) mass is 243 g/mol. The molecule has 0 bridgehead atoms. The van der Waals surface area contributed by atoms with Gasteiger partial charge in [0.2, 0.25) is 0 Å². The summed E-state index contributed by atoms with van der Waals surface area (Å²) in [4.78, 5) is 3.88. The van der Waals surface area contributed by atoms with Gasteiger partial charge in [-0.2, -0.15) is 0 Å². The van der Waals surface area contributed by atoms with Crippen molar-refractivity contribution in [1.82, 2.24) is 9.71 Å². The van der Waals surface area contributed by atoms with E-state index in [1.54, 1.807) is 6.07 Å². The van der Waals surface area contributed by atoms with E-state index in [2.05, 4.69) is 9.71 Å². The Morgan fingerprint density at radius 3 is 2.62 bits per heavy atom. The van der Waals surface area contributed by atoms with E-state index in [0.717, 1.165) is 12.0 Å². The molecule has 0 fully saturated rings. The summed E-state index contributed by atoms with van der Waals surface area (Å²) in [6, 6.07) is 3.03. The van der Waals surface area contributed by atoms with E-state index in [0.29, 0.717) is 6.54 Å². The molecule has 1 aromatic heterocycles. The second kappa shape index (κ2) is 5.38. The summed E-state index contributed by atoms with van der Waals surface area (Å²) in [7, 11) is -3.50. The second-order valence-corrected chi connectivity index (χ2v) is 5.30. The number of nitrogens with two attached hydrogens (primary N) is 1. The molecule has 0 spiro atoms. The van der Waals surface area contributed by atoms with Gasteiger partial charge in [-0.25, -0.2) is 18.1 Å². The fourth-order valence-corrected chi connectivity index (χ4v) is 2.35. The smallest absolute Gasteiger partial charge is 0.258 e. The van der Waals surface area contributed by atoms with E-state index >= 15 is 0 Å². The molecule has 1 unspecified atom stereocenters. The fourth-order valence-electron chi connectivity index (χ4n) is 1.10. The van der Waals surface area contributed by atoms with Crippen LogP contribution < -0.4 is 10.5 Å². The first kappa shape index (κ1) is 13.1. The lowest BCUT2D eigenvalue weighted by Crippen LogP contribution is -2.32. The Kier molecular flexibility index (Phi) is 4.40. The molecule has 0 aliphatic carbocycles. The van der Waals surface area contributed by atoms with Gasteiger partial charge in [0, 0.05) is 18.8 Å². The molecule has 0 radical (unpaired) electrons. The van der Waals surface area contributed by atoms with Gasteiger partial charge in [-0.1, -0.05) is 13.0 Å². The number of pyridine rings is 1. The standard InChI is InChI=1S/C10H17N3O2S/c1-3-8(2)13-16(14,15)10-5-4-9(6-11)7-12-10/h4-5,7-8,13H,3,6,11H2,1-2H3. The molecule has 1 aromatic rings. The molecule has 0 amide bonds. The fraction of sp³-hybridized carbons (Fsp3) is 0.500. The average molecular weight is 243 g/mol. The van der Waals surface area contributed by atoms with Crippen LogP contribution in [0, 0.1) is 0 Å². The zero-order chi connectivity index (χ0) is 12.2. The lowest BCUT2D eigenvalue weighted by Gasteiger charge is -2.11. The molecule has 3 N–H and O–H groups in total. The maximum absolute atomic E-state index is 11.8. The first-order chi connectivity index (χ1) is 7.49. The number of rotatable bonds is 5. The molecule has 0 aromatic carbocycles. The van der Waals surface area contributed by atoms with Crippen molar-refractivity contribution in [2.45, 2.75) is 37.9 Å². The van der Waals surface area contributed by atoms with Crippen molar-refractivity contribution in [3.8, 4) is 0 Å². The van der Waals surface area contributed by atoms with Gasteiger partial charge in [0.1, 0.15) is 0 Å². The first-order valence-electron chi connectivity index (χ1n) is 5.17. The summed E-state index contributed by atoms with van der Waals surface area (Å²) in [5, 5.41) is 0.0324. The number of nitrogens with zero attached hydrogens (tertiary/aromatic N) is 1. The lowest BCUT2D eigenvalue weighted by molar-refractivity contribution is 0.552. The lowest BCUT2D eigenvalue weighted by atomic mass is 10.3. The van der Waals surface area contributed by atoms with E-state index in [1.165, 1.54) is 12.3 Å². The largest absolute Gasteiger partial charge is 0.326 e. The Morgan fingerprint density at radius 2 is 2.19 bits per heavy atom. The Bertz CT molecular complexity index is 428. The van der Waals surface area contributed by atoms with E-state index in [1.807, 2.05) is 13.8 Å². The predicted molar refractivity (Wildman–Crippen MR) is 62.2 cm³/mol. The Hall–Kier alpha value is -0.980. The minimum atomic E-state index is -3.50. The normalized spacial score (nSPS) is 13.7. The third-order valence-corrected chi connectivity index (χ3v) is 3.78. The van der Waals surface area contributed by atoms with Crippen LogP contribution in [0.3, 0.4) is 0 Å². The van der Waals surface area contributed by atoms with Crippen LogP contribution in [-0.4, -0.2) is 19.4 Å². The van der Waals surface area contributed by atoms with Crippen molar-refractivity contribution in [3.63, 3.8) is 0 Å². The molecule has 1 atom stereocenters. The molecular weight excluding hydrogens is 226 g/mol. The van der Waals surface area contributed by atoms with Gasteiger partial charge < -0.3 is 5.73 Å². The summed E-state index contributed by atoms with van der Waals surface area (Å²) in [6.45, 7) is 4.08. The molecule has 16 heavy (non-hydrogen) atoms. The third-order valence-electron chi connectivity index (χ3n) is 2.28. The summed E-state index contributed by atoms with van der Waals surface area (Å²) < 4.78 is 26.1. The van der Waals surface area contributed by atoms with Crippen LogP contribution in [0.15, 0.2) is 23.4 Å². The maximum atomic E-state index is 11.8. The molecule has 5 nitrogen and oxygen atoms in total. The van der Waals surface area contributed by atoms with Gasteiger partial charge in [-0.3, -0.25) is 0 Å². The van der Waals surface area contributed by atoms with E-state index in [4.69, 9.17) is 5.73 Å². The van der Waals surface area contributed by atoms with E-state index < -0.39 is 10.0 Å². The van der Waals surface area contributed by atoms with Crippen molar-refractivity contribution in [3.05, 3.63) is 23.9 Å². The van der Waals surface area contributed by atoms with Gasteiger partial charge in [-0.05, 0) is 25.0 Å². The van der Waals surface area contributed by atoms with Crippen molar-refractivity contribution in [1.29, 1.82) is 0 Å². The zero-order valence-electron chi connectivity index (χ0n) is 9.47.